The first-order valence-electron chi connectivity index (χ1n) is 10.6. The summed E-state index contributed by atoms with van der Waals surface area (Å²) < 4.78 is 5.48. The topological polar surface area (TPSA) is 112 Å². The first-order chi connectivity index (χ1) is 16.0. The van der Waals surface area contributed by atoms with Crippen LogP contribution in [0.2, 0.25) is 0 Å². The Morgan fingerprint density at radius 1 is 0.970 bits per heavy atom. The number of phenols is 1. The van der Waals surface area contributed by atoms with E-state index in [4.69, 9.17) is 4.74 Å². The molecule has 0 saturated carbocycles. The van der Waals surface area contributed by atoms with Gasteiger partial charge < -0.3 is 25.3 Å². The largest absolute Gasteiger partial charge is 0.507 e. The molecule has 4 N–H and O–H groups in total. The number of aromatic nitrogens is 1. The molecule has 1 aliphatic carbocycles. The van der Waals surface area contributed by atoms with E-state index in [9.17, 15) is 19.8 Å². The number of aromatic hydroxyl groups is 1. The standard InChI is InChI=1S/C26H22N2O5/c29-23-11-5-10-21-24(23)15(13-27-21)12-22(25(30)31)28-26(32)33-14-20-18-8-3-1-6-16(18)17-7-2-4-9-19(17)20/h1-11,13,20,22,27,29H,12,14H2,(H,28,32)(H,30,31)/t22-/m0/s1. The number of rotatable bonds is 6. The number of phenolic OH excluding ortho intramolecular Hbond substituents is 1. The van der Waals surface area contributed by atoms with Gasteiger partial charge in [-0.2, -0.15) is 0 Å². The number of carbonyl (C=O) groups is 2. The molecule has 0 saturated heterocycles. The van der Waals surface area contributed by atoms with Crippen LogP contribution >= 0.6 is 0 Å². The lowest BCUT2D eigenvalue weighted by molar-refractivity contribution is -0.139. The van der Waals surface area contributed by atoms with Gasteiger partial charge in [0.1, 0.15) is 18.4 Å². The van der Waals surface area contributed by atoms with Crippen molar-refractivity contribution in [3.63, 3.8) is 0 Å². The van der Waals surface area contributed by atoms with Crippen molar-refractivity contribution in [2.75, 3.05) is 6.61 Å². The van der Waals surface area contributed by atoms with Crippen LogP contribution in [0.25, 0.3) is 22.0 Å². The normalized spacial score (nSPS) is 13.3. The average molecular weight is 442 g/mol. The molecule has 0 spiro atoms. The lowest BCUT2D eigenvalue weighted by atomic mass is 9.98. The van der Waals surface area contributed by atoms with Crippen LogP contribution in [0.3, 0.4) is 0 Å². The number of aromatic amines is 1. The number of carboxylic acid groups (broad SMARTS) is 1. The molecule has 0 unspecified atom stereocenters. The molecule has 7 nitrogen and oxygen atoms in total. The third-order valence-electron chi connectivity index (χ3n) is 6.12. The molecule has 33 heavy (non-hydrogen) atoms. The molecule has 7 heteroatoms. The molecule has 3 aromatic carbocycles. The smallest absolute Gasteiger partial charge is 0.407 e. The van der Waals surface area contributed by atoms with Gasteiger partial charge in [-0.1, -0.05) is 54.6 Å². The van der Waals surface area contributed by atoms with Crippen molar-refractivity contribution in [2.24, 2.45) is 0 Å². The third kappa shape index (κ3) is 3.78. The van der Waals surface area contributed by atoms with Gasteiger partial charge in [-0.15, -0.1) is 0 Å². The summed E-state index contributed by atoms with van der Waals surface area (Å²) in [6.45, 7) is 0.0973. The van der Waals surface area contributed by atoms with Crippen molar-refractivity contribution in [2.45, 2.75) is 18.4 Å². The zero-order chi connectivity index (χ0) is 22.9. The molecule has 0 aliphatic heterocycles. The summed E-state index contributed by atoms with van der Waals surface area (Å²) in [4.78, 5) is 27.4. The highest BCUT2D eigenvalue weighted by atomic mass is 16.5. The summed E-state index contributed by atoms with van der Waals surface area (Å²) in [6.07, 6.45) is 0.838. The number of ether oxygens (including phenoxy) is 1. The predicted octanol–water partition coefficient (Wildman–Crippen LogP) is 4.41. The third-order valence-corrected chi connectivity index (χ3v) is 6.12. The van der Waals surface area contributed by atoms with Crippen LogP contribution in [0, 0.1) is 0 Å². The van der Waals surface area contributed by atoms with Gasteiger partial charge >= 0.3 is 12.1 Å². The number of carboxylic acids is 1. The van der Waals surface area contributed by atoms with E-state index in [2.05, 4.69) is 10.3 Å². The van der Waals surface area contributed by atoms with Gasteiger partial charge in [0.15, 0.2) is 0 Å². The molecule has 1 amide bonds. The minimum Gasteiger partial charge on any atom is -0.507 e. The molecule has 5 rings (SSSR count). The van der Waals surface area contributed by atoms with Crippen LogP contribution in [0.1, 0.15) is 22.6 Å². The van der Waals surface area contributed by atoms with Crippen LogP contribution < -0.4 is 5.32 Å². The van der Waals surface area contributed by atoms with Gasteiger partial charge in [0.05, 0.1) is 0 Å². The summed E-state index contributed by atoms with van der Waals surface area (Å²) in [7, 11) is 0. The van der Waals surface area contributed by atoms with Crippen molar-refractivity contribution >= 4 is 23.0 Å². The van der Waals surface area contributed by atoms with Crippen molar-refractivity contribution < 1.29 is 24.5 Å². The molecular weight excluding hydrogens is 420 g/mol. The van der Waals surface area contributed by atoms with Gasteiger partial charge in [-0.3, -0.25) is 0 Å². The zero-order valence-electron chi connectivity index (χ0n) is 17.6. The Labute approximate surface area is 189 Å². The molecule has 166 valence electrons. The molecule has 0 radical (unpaired) electrons. The lowest BCUT2D eigenvalue weighted by Crippen LogP contribution is -2.42. The Morgan fingerprint density at radius 2 is 1.64 bits per heavy atom. The number of fused-ring (bicyclic) bond motifs is 4. The van der Waals surface area contributed by atoms with Crippen molar-refractivity contribution in [3.05, 3.63) is 89.6 Å². The van der Waals surface area contributed by atoms with Gasteiger partial charge in [-0.05, 0) is 39.9 Å². The average Bonchev–Trinajstić information content (AvgIpc) is 3.37. The highest BCUT2D eigenvalue weighted by Crippen LogP contribution is 2.44. The van der Waals surface area contributed by atoms with Crippen LogP contribution in [0.15, 0.2) is 72.9 Å². The fourth-order valence-electron chi connectivity index (χ4n) is 4.60. The van der Waals surface area contributed by atoms with Crippen LogP contribution in [-0.2, 0) is 16.0 Å². The second-order valence-corrected chi connectivity index (χ2v) is 8.08. The summed E-state index contributed by atoms with van der Waals surface area (Å²) >= 11 is 0. The van der Waals surface area contributed by atoms with Gasteiger partial charge in [0, 0.05) is 29.4 Å². The van der Waals surface area contributed by atoms with E-state index in [0.717, 1.165) is 22.3 Å². The number of carbonyl (C=O) groups excluding carboxylic acids is 1. The van der Waals surface area contributed by atoms with E-state index in [1.807, 2.05) is 48.5 Å². The van der Waals surface area contributed by atoms with E-state index in [1.54, 1.807) is 18.3 Å². The number of amides is 1. The molecule has 0 bridgehead atoms. The highest BCUT2D eigenvalue weighted by Gasteiger charge is 2.30. The molecular formula is C26H22N2O5. The van der Waals surface area contributed by atoms with Gasteiger partial charge in [0.2, 0.25) is 0 Å². The van der Waals surface area contributed by atoms with Gasteiger partial charge in [-0.25, -0.2) is 9.59 Å². The SMILES string of the molecule is O=C(N[C@@H](Cc1c[nH]c2cccc(O)c12)C(=O)O)OCC1c2ccccc2-c2ccccc21. The Hall–Kier alpha value is -4.26. The van der Waals surface area contributed by atoms with E-state index < -0.39 is 18.1 Å². The number of aliphatic carboxylic acids is 1. The lowest BCUT2D eigenvalue weighted by Gasteiger charge is -2.17. The van der Waals surface area contributed by atoms with E-state index in [0.29, 0.717) is 16.5 Å². The summed E-state index contributed by atoms with van der Waals surface area (Å²) in [5.41, 5.74) is 5.67. The van der Waals surface area contributed by atoms with Gasteiger partial charge in [0.25, 0.3) is 0 Å². The maximum absolute atomic E-state index is 12.5. The monoisotopic (exact) mass is 442 g/mol. The minimum atomic E-state index is -1.21. The van der Waals surface area contributed by atoms with Crippen molar-refractivity contribution in [1.82, 2.24) is 10.3 Å². The number of benzene rings is 3. The number of hydrogen-bond acceptors (Lipinski definition) is 4. The summed E-state index contributed by atoms with van der Waals surface area (Å²) in [5, 5.41) is 22.8. The number of H-pyrrole nitrogens is 1. The molecule has 0 fully saturated rings. The quantitative estimate of drug-likeness (QED) is 0.353. The Bertz CT molecular complexity index is 1310. The fraction of sp³-hybridized carbons (Fsp3) is 0.154. The minimum absolute atomic E-state index is 0.00287. The summed E-state index contributed by atoms with van der Waals surface area (Å²) in [6, 6.07) is 19.8. The Kier molecular flexibility index (Phi) is 5.22. The highest BCUT2D eigenvalue weighted by molar-refractivity contribution is 5.90. The maximum Gasteiger partial charge on any atom is 0.407 e. The maximum atomic E-state index is 12.5. The van der Waals surface area contributed by atoms with E-state index >= 15 is 0 Å². The summed E-state index contributed by atoms with van der Waals surface area (Å²) in [5.74, 6) is -1.25. The second-order valence-electron chi connectivity index (χ2n) is 8.08. The number of hydrogen-bond donors (Lipinski definition) is 4. The van der Waals surface area contributed by atoms with Crippen LogP contribution in [0.5, 0.6) is 5.75 Å². The molecule has 1 atom stereocenters. The number of alkyl carbamates (subject to hydrolysis) is 1. The van der Waals surface area contributed by atoms with Crippen molar-refractivity contribution in [1.29, 1.82) is 0 Å². The molecule has 1 heterocycles. The molecule has 1 aliphatic rings. The predicted molar refractivity (Wildman–Crippen MR) is 123 cm³/mol. The Balaban J connectivity index is 1.29. The Morgan fingerprint density at radius 3 is 2.30 bits per heavy atom. The molecule has 1 aromatic heterocycles. The second kappa shape index (κ2) is 8.35. The van der Waals surface area contributed by atoms with Crippen LogP contribution in [0.4, 0.5) is 4.79 Å². The first-order valence-corrected chi connectivity index (χ1v) is 10.6. The van der Waals surface area contributed by atoms with Crippen LogP contribution in [-0.4, -0.2) is 39.9 Å². The van der Waals surface area contributed by atoms with Crippen molar-refractivity contribution in [3.8, 4) is 16.9 Å². The zero-order valence-corrected chi connectivity index (χ0v) is 17.6. The number of nitrogens with one attached hydrogen (secondary N) is 2. The fourth-order valence-corrected chi connectivity index (χ4v) is 4.60. The van der Waals surface area contributed by atoms with E-state index in [-0.39, 0.29) is 24.7 Å². The molecule has 4 aromatic rings. The van der Waals surface area contributed by atoms with E-state index in [1.165, 1.54) is 6.07 Å². The first kappa shape index (κ1) is 20.6.